The summed E-state index contributed by atoms with van der Waals surface area (Å²) in [5.41, 5.74) is 1.09. The first-order valence-corrected chi connectivity index (χ1v) is 4.50. The van der Waals surface area contributed by atoms with Gasteiger partial charge in [-0.05, 0) is 23.6 Å². The van der Waals surface area contributed by atoms with Crippen LogP contribution in [0.4, 0.5) is 0 Å². The minimum atomic E-state index is 0.688. The van der Waals surface area contributed by atoms with Gasteiger partial charge in [0.05, 0.1) is 10.6 Å². The van der Waals surface area contributed by atoms with Crippen molar-refractivity contribution in [2.24, 2.45) is 0 Å². The van der Waals surface area contributed by atoms with Crippen LogP contribution in [0.5, 0.6) is 0 Å². The van der Waals surface area contributed by atoms with Gasteiger partial charge in [-0.15, -0.1) is 11.3 Å². The van der Waals surface area contributed by atoms with E-state index < -0.39 is 0 Å². The second-order valence-electron chi connectivity index (χ2n) is 2.20. The van der Waals surface area contributed by atoms with Crippen molar-refractivity contribution >= 4 is 22.9 Å². The number of thiophene rings is 1. The average molecular weight is 184 g/mol. The summed E-state index contributed by atoms with van der Waals surface area (Å²) in [5.74, 6) is 0. The van der Waals surface area contributed by atoms with Crippen molar-refractivity contribution in [3.63, 3.8) is 0 Å². The number of hydrogen-bond acceptors (Lipinski definition) is 1. The molecule has 0 unspecified atom stereocenters. The molecule has 2 rings (SSSR count). The van der Waals surface area contributed by atoms with Crippen molar-refractivity contribution in [1.29, 1.82) is 0 Å². The lowest BCUT2D eigenvalue weighted by Gasteiger charge is -1.88. The van der Waals surface area contributed by atoms with Crippen LogP contribution < -0.4 is 0 Å². The molecular formula is C8H6ClNS. The zero-order chi connectivity index (χ0) is 7.68. The molecule has 0 saturated heterocycles. The molecule has 0 radical (unpaired) electrons. The summed E-state index contributed by atoms with van der Waals surface area (Å²) in [5, 5.41) is 2.73. The zero-order valence-electron chi connectivity index (χ0n) is 5.67. The van der Waals surface area contributed by atoms with Crippen LogP contribution in [0.2, 0.25) is 5.15 Å². The van der Waals surface area contributed by atoms with Crippen molar-refractivity contribution < 1.29 is 0 Å². The van der Waals surface area contributed by atoms with Crippen LogP contribution in [0.15, 0.2) is 29.6 Å². The Morgan fingerprint density at radius 1 is 1.27 bits per heavy atom. The fraction of sp³-hybridized carbons (Fsp3) is 0. The fourth-order valence-corrected chi connectivity index (χ4v) is 1.82. The largest absolute Gasteiger partial charge is 0.345 e. The van der Waals surface area contributed by atoms with E-state index in [1.807, 2.05) is 23.6 Å². The molecule has 0 amide bonds. The highest BCUT2D eigenvalue weighted by molar-refractivity contribution is 7.13. The molecule has 0 spiro atoms. The molecule has 0 aliphatic rings. The van der Waals surface area contributed by atoms with Crippen LogP contribution >= 0.6 is 22.9 Å². The van der Waals surface area contributed by atoms with Crippen LogP contribution in [0.1, 0.15) is 0 Å². The molecule has 0 saturated carbocycles. The quantitative estimate of drug-likeness (QED) is 0.698. The maximum Gasteiger partial charge on any atom is 0.106 e. The highest BCUT2D eigenvalue weighted by Gasteiger charge is 1.99. The minimum Gasteiger partial charge on any atom is -0.345 e. The number of rotatable bonds is 1. The van der Waals surface area contributed by atoms with E-state index in [9.17, 15) is 0 Å². The van der Waals surface area contributed by atoms with E-state index in [0.29, 0.717) is 5.15 Å². The Morgan fingerprint density at radius 3 is 2.73 bits per heavy atom. The van der Waals surface area contributed by atoms with Crippen molar-refractivity contribution in [3.8, 4) is 10.6 Å². The lowest BCUT2D eigenvalue weighted by atomic mass is 10.3. The third kappa shape index (κ3) is 1.32. The van der Waals surface area contributed by atoms with Crippen LogP contribution in [-0.4, -0.2) is 4.98 Å². The van der Waals surface area contributed by atoms with Gasteiger partial charge < -0.3 is 4.98 Å². The zero-order valence-corrected chi connectivity index (χ0v) is 7.25. The maximum absolute atomic E-state index is 5.73. The first-order valence-electron chi connectivity index (χ1n) is 3.24. The molecule has 0 aliphatic heterocycles. The Balaban J connectivity index is 2.45. The second-order valence-corrected chi connectivity index (χ2v) is 3.55. The van der Waals surface area contributed by atoms with E-state index in [-0.39, 0.29) is 0 Å². The van der Waals surface area contributed by atoms with Gasteiger partial charge in [-0.25, -0.2) is 0 Å². The predicted molar refractivity (Wildman–Crippen MR) is 49.1 cm³/mol. The van der Waals surface area contributed by atoms with Gasteiger partial charge in [-0.3, -0.25) is 0 Å². The summed E-state index contributed by atoms with van der Waals surface area (Å²) < 4.78 is 0. The van der Waals surface area contributed by atoms with Gasteiger partial charge in [-0.2, -0.15) is 0 Å². The molecule has 0 aromatic carbocycles. The van der Waals surface area contributed by atoms with E-state index in [1.165, 1.54) is 4.88 Å². The number of nitrogens with one attached hydrogen (secondary N) is 1. The Hall–Kier alpha value is -0.730. The highest BCUT2D eigenvalue weighted by atomic mass is 35.5. The minimum absolute atomic E-state index is 0.688. The van der Waals surface area contributed by atoms with Gasteiger partial charge in [-0.1, -0.05) is 17.7 Å². The number of H-pyrrole nitrogens is 1. The number of aromatic nitrogens is 1. The van der Waals surface area contributed by atoms with Gasteiger partial charge in [0.2, 0.25) is 0 Å². The molecule has 1 N–H and O–H groups in total. The molecule has 1 nitrogen and oxygen atoms in total. The second kappa shape index (κ2) is 2.72. The smallest absolute Gasteiger partial charge is 0.106 e. The van der Waals surface area contributed by atoms with Gasteiger partial charge in [0, 0.05) is 0 Å². The maximum atomic E-state index is 5.73. The van der Waals surface area contributed by atoms with E-state index in [1.54, 1.807) is 11.3 Å². The van der Waals surface area contributed by atoms with Crippen LogP contribution in [0, 0.1) is 0 Å². The summed E-state index contributed by atoms with van der Waals surface area (Å²) in [6, 6.07) is 7.92. The first-order chi connectivity index (χ1) is 5.36. The fourth-order valence-electron chi connectivity index (χ4n) is 0.944. The topological polar surface area (TPSA) is 15.8 Å². The van der Waals surface area contributed by atoms with Crippen molar-refractivity contribution in [3.05, 3.63) is 34.8 Å². The molecular weight excluding hydrogens is 178 g/mol. The van der Waals surface area contributed by atoms with Gasteiger partial charge in [0.25, 0.3) is 0 Å². The monoisotopic (exact) mass is 183 g/mol. The molecule has 0 aliphatic carbocycles. The normalized spacial score (nSPS) is 10.3. The van der Waals surface area contributed by atoms with Crippen molar-refractivity contribution in [2.45, 2.75) is 0 Å². The third-order valence-corrected chi connectivity index (χ3v) is 2.56. The van der Waals surface area contributed by atoms with Gasteiger partial charge in [0.15, 0.2) is 0 Å². The molecule has 2 aromatic heterocycles. The molecule has 0 fully saturated rings. The Kier molecular flexibility index (Phi) is 1.72. The highest BCUT2D eigenvalue weighted by Crippen LogP contribution is 2.24. The number of hydrogen-bond donors (Lipinski definition) is 1. The molecule has 0 bridgehead atoms. The summed E-state index contributed by atoms with van der Waals surface area (Å²) in [4.78, 5) is 4.27. The summed E-state index contributed by atoms with van der Waals surface area (Å²) in [6.45, 7) is 0. The first kappa shape index (κ1) is 6.95. The van der Waals surface area contributed by atoms with Crippen molar-refractivity contribution in [1.82, 2.24) is 4.98 Å². The molecule has 2 heterocycles. The van der Waals surface area contributed by atoms with E-state index in [2.05, 4.69) is 11.1 Å². The third-order valence-electron chi connectivity index (χ3n) is 1.44. The Morgan fingerprint density at radius 2 is 2.18 bits per heavy atom. The molecule has 56 valence electrons. The molecule has 3 heteroatoms. The van der Waals surface area contributed by atoms with E-state index in [4.69, 9.17) is 11.6 Å². The number of halogens is 1. The predicted octanol–water partition coefficient (Wildman–Crippen LogP) is 3.40. The van der Waals surface area contributed by atoms with Crippen LogP contribution in [0.3, 0.4) is 0 Å². The van der Waals surface area contributed by atoms with E-state index in [0.717, 1.165) is 5.69 Å². The average Bonchev–Trinajstić information content (AvgIpc) is 2.55. The van der Waals surface area contributed by atoms with Crippen molar-refractivity contribution in [2.75, 3.05) is 0 Å². The van der Waals surface area contributed by atoms with Gasteiger partial charge in [0.1, 0.15) is 5.15 Å². The van der Waals surface area contributed by atoms with E-state index >= 15 is 0 Å². The standard InChI is InChI=1S/C8H6ClNS/c9-8-4-3-6(10-8)7-2-1-5-11-7/h1-5,10H. The summed E-state index contributed by atoms with van der Waals surface area (Å²) >= 11 is 7.43. The summed E-state index contributed by atoms with van der Waals surface area (Å²) in [7, 11) is 0. The molecule has 11 heavy (non-hydrogen) atoms. The van der Waals surface area contributed by atoms with Gasteiger partial charge >= 0.3 is 0 Å². The Labute approximate surface area is 73.6 Å². The lowest BCUT2D eigenvalue weighted by molar-refractivity contribution is 1.42. The lowest BCUT2D eigenvalue weighted by Crippen LogP contribution is -1.67. The van der Waals surface area contributed by atoms with Crippen LogP contribution in [-0.2, 0) is 0 Å². The number of aromatic amines is 1. The molecule has 0 atom stereocenters. The Bertz CT molecular complexity index is 337. The SMILES string of the molecule is Clc1ccc(-c2cccs2)[nH]1. The van der Waals surface area contributed by atoms with Crippen LogP contribution in [0.25, 0.3) is 10.6 Å². The summed E-state index contributed by atoms with van der Waals surface area (Å²) in [6.07, 6.45) is 0. The molecule has 2 aromatic rings.